The van der Waals surface area contributed by atoms with Crippen molar-refractivity contribution in [2.24, 2.45) is 0 Å². The van der Waals surface area contributed by atoms with Crippen LogP contribution in [0.5, 0.6) is 5.75 Å². The number of ether oxygens (including phenoxy) is 2. The summed E-state index contributed by atoms with van der Waals surface area (Å²) in [5, 5.41) is 18.6. The van der Waals surface area contributed by atoms with Gasteiger partial charge in [0.1, 0.15) is 18.5 Å². The summed E-state index contributed by atoms with van der Waals surface area (Å²) in [7, 11) is 0. The Morgan fingerprint density at radius 3 is 2.63 bits per heavy atom. The maximum atomic E-state index is 9.90. The van der Waals surface area contributed by atoms with Crippen molar-refractivity contribution in [2.75, 3.05) is 39.5 Å². The molecule has 0 amide bonds. The van der Waals surface area contributed by atoms with Crippen LogP contribution in [-0.2, 0) is 4.74 Å². The van der Waals surface area contributed by atoms with Gasteiger partial charge in [-0.3, -0.25) is 4.90 Å². The topological polar surface area (TPSA) is 65.7 Å². The number of hydrogen-bond acceptors (Lipinski definition) is 5. The first-order valence-corrected chi connectivity index (χ1v) is 6.39. The number of rotatable bonds is 5. The van der Waals surface area contributed by atoms with Crippen LogP contribution in [-0.4, -0.2) is 55.6 Å². The first-order chi connectivity index (χ1) is 9.28. The lowest BCUT2D eigenvalue weighted by molar-refractivity contribution is 0.00465. The van der Waals surface area contributed by atoms with Crippen molar-refractivity contribution in [3.05, 3.63) is 29.8 Å². The molecule has 5 nitrogen and oxygen atoms in total. The molecule has 1 N–H and O–H groups in total. The van der Waals surface area contributed by atoms with Crippen molar-refractivity contribution in [1.29, 1.82) is 5.26 Å². The van der Waals surface area contributed by atoms with Crippen molar-refractivity contribution in [3.63, 3.8) is 0 Å². The summed E-state index contributed by atoms with van der Waals surface area (Å²) in [4.78, 5) is 2.16. The van der Waals surface area contributed by atoms with Crippen LogP contribution >= 0.6 is 0 Å². The zero-order valence-corrected chi connectivity index (χ0v) is 10.8. The molecule has 2 rings (SSSR count). The average Bonchev–Trinajstić information content (AvgIpc) is 2.47. The molecule has 1 saturated heterocycles. The number of aliphatic hydroxyl groups is 1. The number of benzene rings is 1. The molecule has 19 heavy (non-hydrogen) atoms. The quantitative estimate of drug-likeness (QED) is 0.843. The van der Waals surface area contributed by atoms with E-state index in [1.807, 2.05) is 6.07 Å². The second-order valence-electron chi connectivity index (χ2n) is 4.51. The summed E-state index contributed by atoms with van der Waals surface area (Å²) < 4.78 is 10.7. The minimum Gasteiger partial charge on any atom is -0.491 e. The highest BCUT2D eigenvalue weighted by atomic mass is 16.5. The predicted molar refractivity (Wildman–Crippen MR) is 69.9 cm³/mol. The number of β-amino-alcohol motifs (C(OH)–C–C–N with tert-alkyl or cyclic N) is 1. The summed E-state index contributed by atoms with van der Waals surface area (Å²) in [5.41, 5.74) is 0.598. The molecule has 1 aromatic rings. The Hall–Kier alpha value is -1.61. The minimum atomic E-state index is -0.520. The van der Waals surface area contributed by atoms with Crippen molar-refractivity contribution in [2.45, 2.75) is 6.10 Å². The lowest BCUT2D eigenvalue weighted by atomic mass is 10.2. The van der Waals surface area contributed by atoms with Crippen molar-refractivity contribution in [1.82, 2.24) is 4.90 Å². The zero-order valence-electron chi connectivity index (χ0n) is 10.8. The van der Waals surface area contributed by atoms with Gasteiger partial charge in [0, 0.05) is 19.6 Å². The van der Waals surface area contributed by atoms with Crippen LogP contribution in [0.1, 0.15) is 5.56 Å². The molecule has 0 saturated carbocycles. The average molecular weight is 262 g/mol. The van der Waals surface area contributed by atoms with Gasteiger partial charge in [0.25, 0.3) is 0 Å². The highest BCUT2D eigenvalue weighted by Gasteiger charge is 2.15. The van der Waals surface area contributed by atoms with E-state index in [0.717, 1.165) is 26.3 Å². The van der Waals surface area contributed by atoms with Crippen molar-refractivity contribution < 1.29 is 14.6 Å². The Morgan fingerprint density at radius 2 is 2.00 bits per heavy atom. The molecule has 0 unspecified atom stereocenters. The highest BCUT2D eigenvalue weighted by molar-refractivity contribution is 5.34. The molecule has 0 radical (unpaired) electrons. The SMILES string of the molecule is N#Cc1ccc(OC[C@@H](O)CN2CCOCC2)cc1. The number of aliphatic hydroxyl groups excluding tert-OH is 1. The normalized spacial score (nSPS) is 17.7. The standard InChI is InChI=1S/C14H18N2O3/c15-9-12-1-3-14(4-2-12)19-11-13(17)10-16-5-7-18-8-6-16/h1-4,13,17H,5-8,10-11H2/t13-/m0/s1. The van der Waals surface area contributed by atoms with Crippen LogP contribution in [0.15, 0.2) is 24.3 Å². The van der Waals surface area contributed by atoms with Gasteiger partial charge >= 0.3 is 0 Å². The Balaban J connectivity index is 1.73. The van der Waals surface area contributed by atoms with Gasteiger partial charge in [-0.1, -0.05) is 0 Å². The number of morpholine rings is 1. The molecular formula is C14H18N2O3. The number of nitriles is 1. The van der Waals surface area contributed by atoms with E-state index in [0.29, 0.717) is 17.9 Å². The van der Waals surface area contributed by atoms with Crippen LogP contribution in [0.2, 0.25) is 0 Å². The molecule has 0 spiro atoms. The fourth-order valence-electron chi connectivity index (χ4n) is 1.95. The maximum absolute atomic E-state index is 9.90. The van der Waals surface area contributed by atoms with E-state index < -0.39 is 6.10 Å². The molecule has 1 fully saturated rings. The molecule has 1 atom stereocenters. The van der Waals surface area contributed by atoms with E-state index >= 15 is 0 Å². The summed E-state index contributed by atoms with van der Waals surface area (Å²) in [6.07, 6.45) is -0.520. The second kappa shape index (κ2) is 7.10. The lowest BCUT2D eigenvalue weighted by Gasteiger charge is -2.28. The van der Waals surface area contributed by atoms with Gasteiger partial charge < -0.3 is 14.6 Å². The van der Waals surface area contributed by atoms with E-state index in [2.05, 4.69) is 4.90 Å². The summed E-state index contributed by atoms with van der Waals surface area (Å²) in [6.45, 7) is 4.01. The monoisotopic (exact) mass is 262 g/mol. The molecule has 0 aliphatic carbocycles. The number of hydrogen-bond donors (Lipinski definition) is 1. The molecule has 102 valence electrons. The molecule has 0 aromatic heterocycles. The van der Waals surface area contributed by atoms with Gasteiger partial charge in [-0.15, -0.1) is 0 Å². The third-order valence-electron chi connectivity index (χ3n) is 3.00. The zero-order chi connectivity index (χ0) is 13.5. The largest absolute Gasteiger partial charge is 0.491 e. The molecule has 1 aromatic carbocycles. The number of nitrogens with zero attached hydrogens (tertiary/aromatic N) is 2. The first-order valence-electron chi connectivity index (χ1n) is 6.39. The second-order valence-corrected chi connectivity index (χ2v) is 4.51. The van der Waals surface area contributed by atoms with Gasteiger partial charge in [0.05, 0.1) is 24.8 Å². The van der Waals surface area contributed by atoms with Gasteiger partial charge in [0.15, 0.2) is 0 Å². The Labute approximate surface area is 113 Å². The summed E-state index contributed by atoms with van der Waals surface area (Å²) in [5.74, 6) is 0.667. The van der Waals surface area contributed by atoms with Crippen LogP contribution in [0, 0.1) is 11.3 Å². The van der Waals surface area contributed by atoms with Crippen LogP contribution in [0.3, 0.4) is 0 Å². The van der Waals surface area contributed by atoms with Crippen LogP contribution in [0.25, 0.3) is 0 Å². The van der Waals surface area contributed by atoms with Crippen LogP contribution < -0.4 is 4.74 Å². The fraction of sp³-hybridized carbons (Fsp3) is 0.500. The van der Waals surface area contributed by atoms with Crippen LogP contribution in [0.4, 0.5) is 0 Å². The van der Waals surface area contributed by atoms with Crippen molar-refractivity contribution >= 4 is 0 Å². The van der Waals surface area contributed by atoms with E-state index in [9.17, 15) is 5.11 Å². The smallest absolute Gasteiger partial charge is 0.119 e. The Bertz CT molecular complexity index is 421. The predicted octanol–water partition coefficient (Wildman–Crippen LogP) is 0.630. The lowest BCUT2D eigenvalue weighted by Crippen LogP contribution is -2.42. The Morgan fingerprint density at radius 1 is 1.32 bits per heavy atom. The summed E-state index contributed by atoms with van der Waals surface area (Å²) in [6, 6.07) is 8.92. The van der Waals surface area contributed by atoms with E-state index in [1.165, 1.54) is 0 Å². The van der Waals surface area contributed by atoms with E-state index in [1.54, 1.807) is 24.3 Å². The third-order valence-corrected chi connectivity index (χ3v) is 3.00. The molecule has 1 aliphatic heterocycles. The van der Waals surface area contributed by atoms with Gasteiger partial charge in [-0.2, -0.15) is 5.26 Å². The van der Waals surface area contributed by atoms with Gasteiger partial charge in [-0.05, 0) is 24.3 Å². The minimum absolute atomic E-state index is 0.253. The van der Waals surface area contributed by atoms with E-state index in [-0.39, 0.29) is 6.61 Å². The first kappa shape index (κ1) is 13.8. The van der Waals surface area contributed by atoms with Gasteiger partial charge in [-0.25, -0.2) is 0 Å². The highest BCUT2D eigenvalue weighted by Crippen LogP contribution is 2.12. The third kappa shape index (κ3) is 4.52. The molecule has 0 bridgehead atoms. The maximum Gasteiger partial charge on any atom is 0.119 e. The van der Waals surface area contributed by atoms with Gasteiger partial charge in [0.2, 0.25) is 0 Å². The van der Waals surface area contributed by atoms with Crippen molar-refractivity contribution in [3.8, 4) is 11.8 Å². The fourth-order valence-corrected chi connectivity index (χ4v) is 1.95. The molecule has 5 heteroatoms. The Kier molecular flexibility index (Phi) is 5.16. The summed E-state index contributed by atoms with van der Waals surface area (Å²) >= 11 is 0. The molecular weight excluding hydrogens is 244 g/mol. The molecule has 1 heterocycles. The molecule has 1 aliphatic rings. The van der Waals surface area contributed by atoms with E-state index in [4.69, 9.17) is 14.7 Å².